The first-order chi connectivity index (χ1) is 17.3. The summed E-state index contributed by atoms with van der Waals surface area (Å²) in [6, 6.07) is 6.79. The van der Waals surface area contributed by atoms with E-state index in [0.29, 0.717) is 16.3 Å². The summed E-state index contributed by atoms with van der Waals surface area (Å²) in [6.07, 6.45) is 1.61. The van der Waals surface area contributed by atoms with Gasteiger partial charge in [0.05, 0.1) is 12.7 Å². The summed E-state index contributed by atoms with van der Waals surface area (Å²) in [4.78, 5) is 24.3. The number of hydrogen-bond acceptors (Lipinski definition) is 8. The van der Waals surface area contributed by atoms with E-state index in [0.717, 1.165) is 23.1 Å². The van der Waals surface area contributed by atoms with Crippen LogP contribution >= 0.6 is 0 Å². The van der Waals surface area contributed by atoms with E-state index < -0.39 is 27.4 Å². The molecule has 0 fully saturated rings. The zero-order valence-electron chi connectivity index (χ0n) is 19.4. The molecule has 14 heteroatoms. The third kappa shape index (κ3) is 5.69. The second-order valence-electron chi connectivity index (χ2n) is 7.87. The summed E-state index contributed by atoms with van der Waals surface area (Å²) in [5.74, 6) is 2.71. The number of aromatic nitrogens is 5. The van der Waals surface area contributed by atoms with Gasteiger partial charge in [0.15, 0.2) is 11.5 Å². The first-order valence-electron chi connectivity index (χ1n) is 10.3. The van der Waals surface area contributed by atoms with Gasteiger partial charge in [-0.2, -0.15) is 23.3 Å². The number of alkyl halides is 3. The predicted octanol–water partition coefficient (Wildman–Crippen LogP) is 3.90. The van der Waals surface area contributed by atoms with Gasteiger partial charge in [-0.1, -0.05) is 0 Å². The number of methoxy groups -OCH3 is 1. The van der Waals surface area contributed by atoms with Gasteiger partial charge < -0.3 is 15.2 Å². The predicted molar refractivity (Wildman–Crippen MR) is 130 cm³/mol. The molecule has 0 saturated heterocycles. The Hall–Kier alpha value is -4.46. The monoisotopic (exact) mass is 532 g/mol. The van der Waals surface area contributed by atoms with Crippen molar-refractivity contribution >= 4 is 33.0 Å². The molecule has 2 N–H and O–H groups in total. The molecule has 1 aromatic carbocycles. The van der Waals surface area contributed by atoms with Crippen molar-refractivity contribution < 1.29 is 32.0 Å². The molecule has 0 aliphatic rings. The van der Waals surface area contributed by atoms with E-state index in [1.54, 1.807) is 18.2 Å². The maximum atomic E-state index is 13.2. The van der Waals surface area contributed by atoms with Crippen LogP contribution in [0, 0.1) is 0 Å². The highest BCUT2D eigenvalue weighted by Gasteiger charge is 2.34. The lowest BCUT2D eigenvalue weighted by atomic mass is 10.1. The molecule has 0 aliphatic carbocycles. The lowest BCUT2D eigenvalue weighted by molar-refractivity contribution is -0.141. The minimum Gasteiger partial charge on any atom is -0.497 e. The van der Waals surface area contributed by atoms with Gasteiger partial charge in [-0.05, 0) is 39.7 Å². The standard InChI is InChI=1S/C23H19F3N6O4S/c1-36-16-7-15(8-17(9-16)37(2,3)35)29-22-28-12-18(13-6-14(21(33)34)11-27-10-13)20(30-22)32-5-4-19(31-32)23(24,25)26/h4-12H,2H2,1,3H3,(H,33,34)(H,28,29,30). The molecule has 0 aliphatic heterocycles. The number of pyridine rings is 1. The Morgan fingerprint density at radius 3 is 2.57 bits per heavy atom. The van der Waals surface area contributed by atoms with Crippen molar-refractivity contribution in [1.82, 2.24) is 24.7 Å². The van der Waals surface area contributed by atoms with Gasteiger partial charge in [0.25, 0.3) is 0 Å². The van der Waals surface area contributed by atoms with Crippen LogP contribution in [0.1, 0.15) is 16.1 Å². The Labute approximate surface area is 208 Å². The van der Waals surface area contributed by atoms with Crippen molar-refractivity contribution in [3.8, 4) is 22.7 Å². The van der Waals surface area contributed by atoms with Crippen LogP contribution in [-0.4, -0.2) is 59.3 Å². The van der Waals surface area contributed by atoms with Crippen LogP contribution in [0.5, 0.6) is 5.75 Å². The Bertz CT molecular complexity index is 1600. The quantitative estimate of drug-likeness (QED) is 0.340. The lowest BCUT2D eigenvalue weighted by Crippen LogP contribution is -2.10. The number of carbonyl (C=O) groups is 1. The van der Waals surface area contributed by atoms with Gasteiger partial charge in [-0.3, -0.25) is 9.19 Å². The summed E-state index contributed by atoms with van der Waals surface area (Å²) in [5, 5.41) is 15.8. The van der Waals surface area contributed by atoms with Crippen LogP contribution in [0.25, 0.3) is 16.9 Å². The maximum absolute atomic E-state index is 13.2. The summed E-state index contributed by atoms with van der Waals surface area (Å²) in [5.41, 5.74) is -0.468. The number of nitrogens with one attached hydrogen (secondary N) is 1. The van der Waals surface area contributed by atoms with E-state index in [9.17, 15) is 27.3 Å². The molecular weight excluding hydrogens is 513 g/mol. The molecule has 3 aromatic heterocycles. The molecule has 0 saturated carbocycles. The normalized spacial score (nSPS) is 13.1. The van der Waals surface area contributed by atoms with Crippen molar-refractivity contribution in [2.24, 2.45) is 0 Å². The average molecular weight is 533 g/mol. The van der Waals surface area contributed by atoms with E-state index >= 15 is 0 Å². The molecule has 0 amide bonds. The van der Waals surface area contributed by atoms with Gasteiger partial charge in [0.2, 0.25) is 5.95 Å². The number of benzene rings is 1. The van der Waals surface area contributed by atoms with Gasteiger partial charge in [-0.15, -0.1) is 0 Å². The minimum atomic E-state index is -4.69. The number of rotatable bonds is 7. The molecule has 10 nitrogen and oxygen atoms in total. The molecule has 192 valence electrons. The number of aromatic carboxylic acids is 1. The highest BCUT2D eigenvalue weighted by molar-refractivity contribution is 7.99. The average Bonchev–Trinajstić information content (AvgIpc) is 3.34. The zero-order chi connectivity index (χ0) is 27.0. The summed E-state index contributed by atoms with van der Waals surface area (Å²) >= 11 is 0. The van der Waals surface area contributed by atoms with Crippen LogP contribution in [0.15, 0.2) is 60.0 Å². The molecule has 3 heterocycles. The first-order valence-corrected chi connectivity index (χ1v) is 12.5. The van der Waals surface area contributed by atoms with E-state index in [4.69, 9.17) is 4.74 Å². The number of nitrogens with zero attached hydrogens (tertiary/aromatic N) is 5. The largest absolute Gasteiger partial charge is 0.497 e. The Morgan fingerprint density at radius 1 is 1.19 bits per heavy atom. The number of anilines is 2. The maximum Gasteiger partial charge on any atom is 0.435 e. The van der Waals surface area contributed by atoms with Crippen LogP contribution in [-0.2, 0) is 15.7 Å². The summed E-state index contributed by atoms with van der Waals surface area (Å²) < 4.78 is 58.3. The molecule has 4 rings (SSSR count). The van der Waals surface area contributed by atoms with Gasteiger partial charge >= 0.3 is 12.1 Å². The molecule has 1 unspecified atom stereocenters. The molecule has 37 heavy (non-hydrogen) atoms. The smallest absolute Gasteiger partial charge is 0.435 e. The van der Waals surface area contributed by atoms with Gasteiger partial charge in [0.1, 0.15) is 5.75 Å². The van der Waals surface area contributed by atoms with E-state index in [-0.39, 0.29) is 28.5 Å². The second kappa shape index (κ2) is 9.54. The number of halogens is 3. The number of carboxylic acid groups (broad SMARTS) is 1. The fourth-order valence-electron chi connectivity index (χ4n) is 3.25. The van der Waals surface area contributed by atoms with Crippen LogP contribution in [0.3, 0.4) is 0 Å². The van der Waals surface area contributed by atoms with Crippen LogP contribution in [0.2, 0.25) is 0 Å². The lowest BCUT2D eigenvalue weighted by Gasteiger charge is -2.14. The second-order valence-corrected chi connectivity index (χ2v) is 10.4. The number of carboxylic acids is 1. The van der Waals surface area contributed by atoms with E-state index in [1.165, 1.54) is 31.8 Å². The van der Waals surface area contributed by atoms with E-state index in [2.05, 4.69) is 31.2 Å². The molecule has 0 bridgehead atoms. The van der Waals surface area contributed by atoms with Crippen LogP contribution < -0.4 is 10.1 Å². The van der Waals surface area contributed by atoms with Crippen molar-refractivity contribution in [3.05, 3.63) is 66.4 Å². The molecule has 0 radical (unpaired) electrons. The van der Waals surface area contributed by atoms with Crippen LogP contribution in [0.4, 0.5) is 24.8 Å². The van der Waals surface area contributed by atoms with Gasteiger partial charge in [-0.25, -0.2) is 14.5 Å². The van der Waals surface area contributed by atoms with Crippen molar-refractivity contribution in [2.45, 2.75) is 11.1 Å². The number of ether oxygens (including phenoxy) is 1. The first kappa shape index (κ1) is 25.6. The number of hydrogen-bond donors (Lipinski definition) is 2. The topological polar surface area (TPSA) is 132 Å². The Balaban J connectivity index is 1.84. The summed E-state index contributed by atoms with van der Waals surface area (Å²) in [7, 11) is -1.17. The van der Waals surface area contributed by atoms with Crippen molar-refractivity contribution in [2.75, 3.05) is 18.7 Å². The highest BCUT2D eigenvalue weighted by Crippen LogP contribution is 2.31. The molecule has 4 aromatic rings. The fraction of sp³-hybridized carbons (Fsp3) is 0.130. The molecule has 0 spiro atoms. The SMILES string of the molecule is C=S(C)(=O)c1cc(Nc2ncc(-c3cncc(C(=O)O)c3)c(-n3ccc(C(F)(F)F)n3)n2)cc(OC)c1. The summed E-state index contributed by atoms with van der Waals surface area (Å²) in [6.45, 7) is 0. The minimum absolute atomic E-state index is 0.0315. The fourth-order valence-corrected chi connectivity index (χ4v) is 3.99. The third-order valence-corrected chi connectivity index (χ3v) is 6.26. The molecular formula is C23H19F3N6O4S. The van der Waals surface area contributed by atoms with Gasteiger partial charge in [0, 0.05) is 58.8 Å². The third-order valence-electron chi connectivity index (χ3n) is 5.03. The highest BCUT2D eigenvalue weighted by atomic mass is 32.2. The van der Waals surface area contributed by atoms with E-state index in [1.807, 2.05) is 0 Å². The van der Waals surface area contributed by atoms with Crippen molar-refractivity contribution in [1.29, 1.82) is 0 Å². The Morgan fingerprint density at radius 2 is 1.95 bits per heavy atom. The van der Waals surface area contributed by atoms with Crippen molar-refractivity contribution in [3.63, 3.8) is 0 Å². The Kier molecular flexibility index (Phi) is 6.61. The molecule has 1 atom stereocenters. The zero-order valence-corrected chi connectivity index (χ0v) is 20.2.